The summed E-state index contributed by atoms with van der Waals surface area (Å²) in [7, 11) is -4.11. The number of hydrogen-bond donors (Lipinski definition) is 0. The Balaban J connectivity index is 1.70. The topological polar surface area (TPSA) is 57.7 Å². The third-order valence-electron chi connectivity index (χ3n) is 6.33. The number of fused-ring (bicyclic) bond motifs is 1. The van der Waals surface area contributed by atoms with Crippen LogP contribution in [0, 0.1) is 5.82 Å². The van der Waals surface area contributed by atoms with Gasteiger partial charge in [-0.25, -0.2) is 12.8 Å². The van der Waals surface area contributed by atoms with Gasteiger partial charge in [-0.1, -0.05) is 42.3 Å². The fraction of sp³-hybridized carbons (Fsp3) is 0.320. The fourth-order valence-electron chi connectivity index (χ4n) is 4.30. The van der Waals surface area contributed by atoms with Gasteiger partial charge in [-0.2, -0.15) is 4.31 Å². The average molecular weight is 556 g/mol. The van der Waals surface area contributed by atoms with E-state index in [1.165, 1.54) is 39.5 Å². The number of nitrogens with zero attached hydrogens (tertiary/aromatic N) is 2. The highest BCUT2D eigenvalue weighted by atomic mass is 35.5. The van der Waals surface area contributed by atoms with Gasteiger partial charge in [0.15, 0.2) is 0 Å². The smallest absolute Gasteiger partial charge is 0.245 e. The van der Waals surface area contributed by atoms with Crippen LogP contribution in [0.2, 0.25) is 10.0 Å². The molecule has 0 spiro atoms. The minimum absolute atomic E-state index is 0.0419. The summed E-state index contributed by atoms with van der Waals surface area (Å²) >= 11 is 13.9. The molecule has 1 aromatic heterocycles. The van der Waals surface area contributed by atoms with Crippen LogP contribution in [0.1, 0.15) is 42.3 Å². The predicted molar refractivity (Wildman–Crippen MR) is 138 cm³/mol. The van der Waals surface area contributed by atoms with Crippen molar-refractivity contribution in [1.82, 2.24) is 9.21 Å². The van der Waals surface area contributed by atoms with Crippen LogP contribution < -0.4 is 0 Å². The number of thiophene rings is 1. The second-order valence-electron chi connectivity index (χ2n) is 8.47. The Bertz CT molecular complexity index is 1330. The van der Waals surface area contributed by atoms with Gasteiger partial charge in [-0.3, -0.25) is 4.79 Å². The van der Waals surface area contributed by atoms with Crippen LogP contribution in [0.4, 0.5) is 4.39 Å². The van der Waals surface area contributed by atoms with E-state index in [1.807, 2.05) is 18.4 Å². The van der Waals surface area contributed by atoms with Crippen LogP contribution in [-0.2, 0) is 21.2 Å². The van der Waals surface area contributed by atoms with Gasteiger partial charge in [-0.05, 0) is 72.7 Å². The first kappa shape index (κ1) is 26.1. The summed E-state index contributed by atoms with van der Waals surface area (Å²) in [4.78, 5) is 16.5. The van der Waals surface area contributed by atoms with Crippen molar-refractivity contribution in [2.75, 3.05) is 13.1 Å². The lowest BCUT2D eigenvalue weighted by Crippen LogP contribution is -2.49. The molecule has 1 aliphatic rings. The molecular formula is C25H25Cl2FN2O3S2. The minimum Gasteiger partial charge on any atom is -0.330 e. The normalized spacial score (nSPS) is 16.9. The molecule has 0 N–H and O–H groups in total. The van der Waals surface area contributed by atoms with E-state index in [0.717, 1.165) is 11.1 Å². The largest absolute Gasteiger partial charge is 0.330 e. The predicted octanol–water partition coefficient (Wildman–Crippen LogP) is 6.16. The maximum absolute atomic E-state index is 13.7. The highest BCUT2D eigenvalue weighted by Gasteiger charge is 2.37. The molecule has 0 saturated carbocycles. The van der Waals surface area contributed by atoms with Gasteiger partial charge in [-0.15, -0.1) is 11.3 Å². The Morgan fingerprint density at radius 3 is 2.60 bits per heavy atom. The molecule has 35 heavy (non-hydrogen) atoms. The summed E-state index contributed by atoms with van der Waals surface area (Å²) in [5.74, 6) is -0.696. The molecule has 0 saturated heterocycles. The van der Waals surface area contributed by atoms with Gasteiger partial charge in [0, 0.05) is 22.5 Å². The maximum atomic E-state index is 13.7. The molecule has 0 radical (unpaired) electrons. The van der Waals surface area contributed by atoms with E-state index in [1.54, 1.807) is 35.3 Å². The zero-order valence-corrected chi connectivity index (χ0v) is 22.4. The van der Waals surface area contributed by atoms with Gasteiger partial charge >= 0.3 is 0 Å². The highest BCUT2D eigenvalue weighted by molar-refractivity contribution is 7.89. The first-order chi connectivity index (χ1) is 16.6. The third kappa shape index (κ3) is 5.27. The zero-order chi connectivity index (χ0) is 25.3. The molecule has 0 bridgehead atoms. The second-order valence-corrected chi connectivity index (χ2v) is 12.2. The van der Waals surface area contributed by atoms with Crippen LogP contribution in [0.15, 0.2) is 58.8 Å². The Labute approximate surface area is 219 Å². The molecule has 0 aliphatic carbocycles. The fourth-order valence-corrected chi connectivity index (χ4v) is 7.59. The Morgan fingerprint density at radius 1 is 1.20 bits per heavy atom. The van der Waals surface area contributed by atoms with E-state index in [0.29, 0.717) is 19.4 Å². The van der Waals surface area contributed by atoms with Crippen molar-refractivity contribution in [3.05, 3.63) is 85.8 Å². The van der Waals surface area contributed by atoms with E-state index >= 15 is 0 Å². The van der Waals surface area contributed by atoms with E-state index < -0.39 is 22.1 Å². The molecule has 2 atom stereocenters. The summed E-state index contributed by atoms with van der Waals surface area (Å²) in [6.07, 6.45) is 1.17. The molecule has 2 aromatic carbocycles. The summed E-state index contributed by atoms with van der Waals surface area (Å²) in [5.41, 5.74) is 1.76. The molecule has 1 aliphatic heterocycles. The molecule has 186 valence electrons. The van der Waals surface area contributed by atoms with Crippen molar-refractivity contribution >= 4 is 50.5 Å². The number of hydrogen-bond acceptors (Lipinski definition) is 4. The summed E-state index contributed by atoms with van der Waals surface area (Å²) in [6, 6.07) is 11.4. The number of halogens is 3. The second kappa shape index (κ2) is 10.6. The Hall–Kier alpha value is -1.97. The molecule has 2 heterocycles. The first-order valence-corrected chi connectivity index (χ1v) is 14.3. The summed E-state index contributed by atoms with van der Waals surface area (Å²) in [6.45, 7) is 3.70. The van der Waals surface area contributed by atoms with Gasteiger partial charge in [0.05, 0.1) is 17.6 Å². The van der Waals surface area contributed by atoms with E-state index in [-0.39, 0.29) is 33.2 Å². The molecule has 10 heteroatoms. The minimum atomic E-state index is -4.11. The molecule has 0 fully saturated rings. The summed E-state index contributed by atoms with van der Waals surface area (Å²) in [5, 5.41) is 2.26. The van der Waals surface area contributed by atoms with Crippen LogP contribution in [0.5, 0.6) is 0 Å². The van der Waals surface area contributed by atoms with Crippen molar-refractivity contribution in [3.63, 3.8) is 0 Å². The Morgan fingerprint density at radius 2 is 1.91 bits per heavy atom. The number of carbonyl (C=O) groups excluding carboxylic acids is 1. The molecule has 3 aromatic rings. The Kier molecular flexibility index (Phi) is 7.88. The van der Waals surface area contributed by atoms with Crippen molar-refractivity contribution in [3.8, 4) is 0 Å². The quantitative estimate of drug-likeness (QED) is 0.351. The number of sulfonamides is 1. The molecular weight excluding hydrogens is 530 g/mol. The lowest BCUT2D eigenvalue weighted by atomic mass is 9.93. The van der Waals surface area contributed by atoms with Gasteiger partial charge in [0.1, 0.15) is 10.7 Å². The summed E-state index contributed by atoms with van der Waals surface area (Å²) < 4.78 is 42.1. The van der Waals surface area contributed by atoms with Crippen LogP contribution >= 0.6 is 34.5 Å². The van der Waals surface area contributed by atoms with Crippen molar-refractivity contribution in [2.45, 2.75) is 43.7 Å². The average Bonchev–Trinajstić information content (AvgIpc) is 3.32. The monoisotopic (exact) mass is 554 g/mol. The van der Waals surface area contributed by atoms with Gasteiger partial charge < -0.3 is 4.90 Å². The van der Waals surface area contributed by atoms with E-state index in [4.69, 9.17) is 23.2 Å². The lowest BCUT2D eigenvalue weighted by Gasteiger charge is -2.38. The number of benzene rings is 2. The first-order valence-electron chi connectivity index (χ1n) is 11.2. The van der Waals surface area contributed by atoms with Gasteiger partial charge in [0.2, 0.25) is 15.9 Å². The van der Waals surface area contributed by atoms with Crippen molar-refractivity contribution in [1.29, 1.82) is 0 Å². The standard InChI is InChI=1S/C25H25Cl2FN2O3S2/c1-3-16(2)30(35(32,33)23-14-18(26)6-9-21(23)27)15-24(31)29-12-10-22-20(11-13-34-22)25(29)17-4-7-19(28)8-5-17/h4-9,11,13-14,16,25H,3,10,12,15H2,1-2H3/t16-,25+/m1/s1. The highest BCUT2D eigenvalue weighted by Crippen LogP contribution is 2.38. The molecule has 5 nitrogen and oxygen atoms in total. The van der Waals surface area contributed by atoms with Crippen LogP contribution in [0.25, 0.3) is 0 Å². The third-order valence-corrected chi connectivity index (χ3v) is 10.00. The maximum Gasteiger partial charge on any atom is 0.245 e. The molecule has 1 amide bonds. The molecule has 0 unspecified atom stereocenters. The van der Waals surface area contributed by atoms with Crippen LogP contribution in [-0.4, -0.2) is 42.7 Å². The zero-order valence-electron chi connectivity index (χ0n) is 19.2. The SMILES string of the molecule is CC[C@@H](C)N(CC(=O)N1CCc2sccc2[C@@H]1c1ccc(F)cc1)S(=O)(=O)c1cc(Cl)ccc1Cl. The van der Waals surface area contributed by atoms with E-state index in [2.05, 4.69) is 0 Å². The number of rotatable bonds is 7. The van der Waals surface area contributed by atoms with Crippen molar-refractivity contribution < 1.29 is 17.6 Å². The lowest BCUT2D eigenvalue weighted by molar-refractivity contribution is -0.133. The molecule has 4 rings (SSSR count). The van der Waals surface area contributed by atoms with Crippen LogP contribution in [0.3, 0.4) is 0 Å². The van der Waals surface area contributed by atoms with E-state index in [9.17, 15) is 17.6 Å². The van der Waals surface area contributed by atoms with Crippen molar-refractivity contribution in [2.24, 2.45) is 0 Å². The van der Waals surface area contributed by atoms with Gasteiger partial charge in [0.25, 0.3) is 0 Å². The number of amides is 1. The number of carbonyl (C=O) groups is 1.